The minimum atomic E-state index is 0.493. The Hall–Kier alpha value is -0.730. The van der Waals surface area contributed by atoms with Gasteiger partial charge in [-0.3, -0.25) is 0 Å². The Balaban J connectivity index is 2.43. The van der Waals surface area contributed by atoms with Gasteiger partial charge in [0.15, 0.2) is 5.96 Å². The molecule has 0 aromatic rings. The second-order valence-corrected chi connectivity index (χ2v) is 3.59. The molecule has 0 bridgehead atoms. The molecular weight excluding hydrogens is 150 g/mol. The maximum atomic E-state index is 5.81. The number of nitrogens with zero attached hydrogens (tertiary/aromatic N) is 2. The lowest BCUT2D eigenvalue weighted by atomic mass is 10.2. The van der Waals surface area contributed by atoms with Crippen molar-refractivity contribution in [2.24, 2.45) is 10.7 Å². The van der Waals surface area contributed by atoms with Crippen LogP contribution in [0, 0.1) is 0 Å². The molecular formula is C9H19N3. The van der Waals surface area contributed by atoms with E-state index in [0.29, 0.717) is 18.0 Å². The zero-order valence-corrected chi connectivity index (χ0v) is 8.25. The highest BCUT2D eigenvalue weighted by Gasteiger charge is 2.21. The smallest absolute Gasteiger partial charge is 0.191 e. The maximum Gasteiger partial charge on any atom is 0.191 e. The van der Waals surface area contributed by atoms with E-state index in [4.69, 9.17) is 5.73 Å². The highest BCUT2D eigenvalue weighted by Crippen LogP contribution is 2.23. The summed E-state index contributed by atoms with van der Waals surface area (Å²) in [5.41, 5.74) is 5.81. The summed E-state index contributed by atoms with van der Waals surface area (Å²) in [4.78, 5) is 6.43. The van der Waals surface area contributed by atoms with E-state index in [1.54, 1.807) is 0 Å². The Morgan fingerprint density at radius 3 is 2.67 bits per heavy atom. The van der Waals surface area contributed by atoms with Crippen LogP contribution in [0.3, 0.4) is 0 Å². The van der Waals surface area contributed by atoms with Gasteiger partial charge in [0.05, 0.1) is 6.04 Å². The van der Waals surface area contributed by atoms with Gasteiger partial charge in [0.1, 0.15) is 0 Å². The van der Waals surface area contributed by atoms with Crippen molar-refractivity contribution in [1.29, 1.82) is 0 Å². The summed E-state index contributed by atoms with van der Waals surface area (Å²) in [6.07, 6.45) is 3.54. The molecule has 0 radical (unpaired) electrons. The van der Waals surface area contributed by atoms with Crippen molar-refractivity contribution in [2.45, 2.75) is 45.2 Å². The molecule has 3 heteroatoms. The largest absolute Gasteiger partial charge is 0.370 e. The van der Waals surface area contributed by atoms with Crippen LogP contribution in [0.1, 0.15) is 33.1 Å². The van der Waals surface area contributed by atoms with Crippen LogP contribution < -0.4 is 5.73 Å². The van der Waals surface area contributed by atoms with Crippen LogP contribution in [0.2, 0.25) is 0 Å². The maximum absolute atomic E-state index is 5.81. The van der Waals surface area contributed by atoms with Gasteiger partial charge in [0, 0.05) is 13.1 Å². The van der Waals surface area contributed by atoms with Crippen LogP contribution in [0.4, 0.5) is 0 Å². The van der Waals surface area contributed by atoms with Crippen LogP contribution in [-0.4, -0.2) is 30.0 Å². The quantitative estimate of drug-likeness (QED) is 0.509. The van der Waals surface area contributed by atoms with Crippen molar-refractivity contribution < 1.29 is 0 Å². The van der Waals surface area contributed by atoms with Gasteiger partial charge in [-0.15, -0.1) is 0 Å². The van der Waals surface area contributed by atoms with Gasteiger partial charge in [0.25, 0.3) is 0 Å². The Bertz CT molecular complexity index is 173. The molecule has 0 spiro atoms. The number of guanidine groups is 1. The molecule has 0 aromatic heterocycles. The Labute approximate surface area is 74.6 Å². The molecule has 2 N–H and O–H groups in total. The SMILES string of the molecule is CCC(C)N(C)C(N)=NC1CC1. The summed E-state index contributed by atoms with van der Waals surface area (Å²) in [5.74, 6) is 0.701. The number of rotatable bonds is 3. The second-order valence-electron chi connectivity index (χ2n) is 3.59. The molecule has 0 amide bonds. The van der Waals surface area contributed by atoms with Gasteiger partial charge in [0.2, 0.25) is 0 Å². The van der Waals surface area contributed by atoms with E-state index in [-0.39, 0.29) is 0 Å². The fourth-order valence-corrected chi connectivity index (χ4v) is 0.981. The zero-order valence-electron chi connectivity index (χ0n) is 8.25. The molecule has 1 saturated carbocycles. The van der Waals surface area contributed by atoms with Crippen molar-refractivity contribution in [3.63, 3.8) is 0 Å². The van der Waals surface area contributed by atoms with E-state index in [2.05, 4.69) is 23.7 Å². The van der Waals surface area contributed by atoms with Gasteiger partial charge >= 0.3 is 0 Å². The average molecular weight is 169 g/mol. The topological polar surface area (TPSA) is 41.6 Å². The summed E-state index contributed by atoms with van der Waals surface area (Å²) in [7, 11) is 2.01. The molecule has 1 unspecified atom stereocenters. The third kappa shape index (κ3) is 2.40. The Morgan fingerprint density at radius 1 is 1.67 bits per heavy atom. The van der Waals surface area contributed by atoms with Gasteiger partial charge in [-0.2, -0.15) is 0 Å². The standard InChI is InChI=1S/C9H19N3/c1-4-7(2)12(3)9(10)11-8-5-6-8/h7-8H,4-6H2,1-3H3,(H2,10,11). The molecule has 70 valence electrons. The average Bonchev–Trinajstić information content (AvgIpc) is 2.85. The third-order valence-electron chi connectivity index (χ3n) is 2.48. The van der Waals surface area contributed by atoms with E-state index in [1.807, 2.05) is 7.05 Å². The lowest BCUT2D eigenvalue weighted by Crippen LogP contribution is -2.40. The summed E-state index contributed by atoms with van der Waals surface area (Å²) >= 11 is 0. The van der Waals surface area contributed by atoms with Crippen molar-refractivity contribution in [2.75, 3.05) is 7.05 Å². The first kappa shape index (κ1) is 9.36. The van der Waals surface area contributed by atoms with Gasteiger partial charge in [-0.05, 0) is 26.2 Å². The molecule has 0 heterocycles. The van der Waals surface area contributed by atoms with Crippen molar-refractivity contribution >= 4 is 5.96 Å². The van der Waals surface area contributed by atoms with E-state index in [9.17, 15) is 0 Å². The first-order valence-corrected chi connectivity index (χ1v) is 4.71. The van der Waals surface area contributed by atoms with Crippen LogP contribution >= 0.6 is 0 Å². The molecule has 1 aliphatic rings. The van der Waals surface area contributed by atoms with Crippen molar-refractivity contribution in [3.8, 4) is 0 Å². The van der Waals surface area contributed by atoms with Crippen LogP contribution in [0.15, 0.2) is 4.99 Å². The lowest BCUT2D eigenvalue weighted by Gasteiger charge is -2.24. The number of nitrogens with two attached hydrogens (primary N) is 1. The van der Waals surface area contributed by atoms with Crippen molar-refractivity contribution in [3.05, 3.63) is 0 Å². The number of hydrogen-bond acceptors (Lipinski definition) is 1. The predicted molar refractivity (Wildman–Crippen MR) is 52.2 cm³/mol. The van der Waals surface area contributed by atoms with E-state index in [1.165, 1.54) is 12.8 Å². The highest BCUT2D eigenvalue weighted by molar-refractivity contribution is 5.78. The molecule has 12 heavy (non-hydrogen) atoms. The molecule has 3 nitrogen and oxygen atoms in total. The molecule has 1 atom stereocenters. The second kappa shape index (κ2) is 3.78. The minimum Gasteiger partial charge on any atom is -0.370 e. The molecule has 1 fully saturated rings. The fraction of sp³-hybridized carbons (Fsp3) is 0.889. The van der Waals surface area contributed by atoms with E-state index in [0.717, 1.165) is 6.42 Å². The third-order valence-corrected chi connectivity index (χ3v) is 2.48. The predicted octanol–water partition coefficient (Wildman–Crippen LogP) is 1.19. The monoisotopic (exact) mass is 169 g/mol. The molecule has 1 aliphatic carbocycles. The van der Waals surface area contributed by atoms with Crippen LogP contribution in [-0.2, 0) is 0 Å². The Morgan fingerprint density at radius 2 is 2.25 bits per heavy atom. The van der Waals surface area contributed by atoms with Crippen LogP contribution in [0.25, 0.3) is 0 Å². The van der Waals surface area contributed by atoms with Crippen molar-refractivity contribution in [1.82, 2.24) is 4.90 Å². The summed E-state index contributed by atoms with van der Waals surface area (Å²) < 4.78 is 0. The Kier molecular flexibility index (Phi) is 2.95. The zero-order chi connectivity index (χ0) is 9.14. The number of aliphatic imine (C=N–C) groups is 1. The van der Waals surface area contributed by atoms with Gasteiger partial charge < -0.3 is 10.6 Å². The van der Waals surface area contributed by atoms with E-state index >= 15 is 0 Å². The van der Waals surface area contributed by atoms with E-state index < -0.39 is 0 Å². The summed E-state index contributed by atoms with van der Waals surface area (Å²) in [5, 5.41) is 0. The molecule has 1 rings (SSSR count). The van der Waals surface area contributed by atoms with Crippen LogP contribution in [0.5, 0.6) is 0 Å². The van der Waals surface area contributed by atoms with Gasteiger partial charge in [-0.1, -0.05) is 6.92 Å². The molecule has 0 saturated heterocycles. The highest BCUT2D eigenvalue weighted by atomic mass is 15.3. The number of hydrogen-bond donors (Lipinski definition) is 1. The summed E-state index contributed by atoms with van der Waals surface area (Å²) in [6.45, 7) is 4.32. The lowest BCUT2D eigenvalue weighted by molar-refractivity contribution is 0.375. The normalized spacial score (nSPS) is 20.8. The first-order valence-electron chi connectivity index (χ1n) is 4.71. The molecule has 0 aliphatic heterocycles. The summed E-state index contributed by atoms with van der Waals surface area (Å²) in [6, 6.07) is 1.02. The molecule has 0 aromatic carbocycles. The minimum absolute atomic E-state index is 0.493. The van der Waals surface area contributed by atoms with Gasteiger partial charge in [-0.25, -0.2) is 4.99 Å². The first-order chi connectivity index (χ1) is 5.65. The fourth-order valence-electron chi connectivity index (χ4n) is 0.981.